The smallest absolute Gasteiger partial charge is 0.147 e. The van der Waals surface area contributed by atoms with E-state index in [1.165, 1.54) is 12.3 Å². The topological polar surface area (TPSA) is 46.2 Å². The number of halogens is 1. The van der Waals surface area contributed by atoms with E-state index in [1.54, 1.807) is 6.07 Å². The summed E-state index contributed by atoms with van der Waals surface area (Å²) in [5, 5.41) is 3.32. The van der Waals surface area contributed by atoms with Gasteiger partial charge in [0.15, 0.2) is 0 Å². The van der Waals surface area contributed by atoms with Gasteiger partial charge in [-0.05, 0) is 43.4 Å². The van der Waals surface area contributed by atoms with E-state index in [1.807, 2.05) is 12.1 Å². The molecule has 0 saturated heterocycles. The molecule has 1 saturated carbocycles. The van der Waals surface area contributed by atoms with Gasteiger partial charge >= 0.3 is 0 Å². The number of hydrogen-bond acceptors (Lipinski definition) is 3. The molecule has 19 heavy (non-hydrogen) atoms. The third-order valence-corrected chi connectivity index (χ3v) is 4.64. The second kappa shape index (κ2) is 6.01. The van der Waals surface area contributed by atoms with E-state index in [-0.39, 0.29) is 11.6 Å². The van der Waals surface area contributed by atoms with Crippen molar-refractivity contribution < 1.29 is 12.8 Å². The van der Waals surface area contributed by atoms with Gasteiger partial charge in [0.05, 0.1) is 5.75 Å². The summed E-state index contributed by atoms with van der Waals surface area (Å²) in [6, 6.07) is 7.32. The number of sulfone groups is 1. The van der Waals surface area contributed by atoms with Crippen molar-refractivity contribution in [3.05, 3.63) is 35.6 Å². The lowest BCUT2D eigenvalue weighted by Gasteiger charge is -2.36. The average molecular weight is 285 g/mol. The molecule has 1 N–H and O–H groups in total. The molecule has 0 radical (unpaired) electrons. The minimum atomic E-state index is -2.86. The lowest BCUT2D eigenvalue weighted by Crippen LogP contribution is -2.41. The Morgan fingerprint density at radius 2 is 2.00 bits per heavy atom. The summed E-state index contributed by atoms with van der Waals surface area (Å²) in [6.07, 6.45) is 3.75. The Kier molecular flexibility index (Phi) is 4.58. The fraction of sp³-hybridized carbons (Fsp3) is 0.571. The van der Waals surface area contributed by atoms with Crippen molar-refractivity contribution in [2.24, 2.45) is 0 Å². The molecule has 1 fully saturated rings. The SMILES string of the molecule is CS(=O)(=O)CCCNC1CC(c2ccccc2F)C1. The molecule has 0 bridgehead atoms. The Labute approximate surface area is 114 Å². The normalized spacial score (nSPS) is 23.1. The van der Waals surface area contributed by atoms with Crippen molar-refractivity contribution in [2.45, 2.75) is 31.2 Å². The van der Waals surface area contributed by atoms with Crippen LogP contribution < -0.4 is 5.32 Å². The maximum Gasteiger partial charge on any atom is 0.147 e. The van der Waals surface area contributed by atoms with Gasteiger partial charge in [-0.25, -0.2) is 12.8 Å². The highest BCUT2D eigenvalue weighted by Crippen LogP contribution is 2.37. The molecule has 1 aliphatic carbocycles. The average Bonchev–Trinajstić information content (AvgIpc) is 2.27. The maximum absolute atomic E-state index is 13.5. The molecular formula is C14H20FNO2S. The highest BCUT2D eigenvalue weighted by Gasteiger charge is 2.31. The van der Waals surface area contributed by atoms with E-state index in [0.717, 1.165) is 18.4 Å². The van der Waals surface area contributed by atoms with Crippen molar-refractivity contribution in [3.8, 4) is 0 Å². The van der Waals surface area contributed by atoms with Gasteiger partial charge < -0.3 is 5.32 Å². The summed E-state index contributed by atoms with van der Waals surface area (Å²) in [5.41, 5.74) is 0.802. The molecule has 0 heterocycles. The Morgan fingerprint density at radius 3 is 2.63 bits per heavy atom. The van der Waals surface area contributed by atoms with Gasteiger partial charge in [-0.15, -0.1) is 0 Å². The number of rotatable bonds is 6. The highest BCUT2D eigenvalue weighted by atomic mass is 32.2. The first kappa shape index (κ1) is 14.5. The summed E-state index contributed by atoms with van der Waals surface area (Å²) < 4.78 is 35.5. The lowest BCUT2D eigenvalue weighted by atomic mass is 9.75. The van der Waals surface area contributed by atoms with Crippen LogP contribution in [0.3, 0.4) is 0 Å². The highest BCUT2D eigenvalue weighted by molar-refractivity contribution is 7.90. The van der Waals surface area contributed by atoms with Crippen molar-refractivity contribution >= 4 is 9.84 Å². The van der Waals surface area contributed by atoms with Crippen LogP contribution in [0.5, 0.6) is 0 Å². The molecular weight excluding hydrogens is 265 g/mol. The quantitative estimate of drug-likeness (QED) is 0.814. The zero-order valence-corrected chi connectivity index (χ0v) is 11.9. The minimum Gasteiger partial charge on any atom is -0.314 e. The largest absolute Gasteiger partial charge is 0.314 e. The van der Waals surface area contributed by atoms with Crippen molar-refractivity contribution in [1.29, 1.82) is 0 Å². The fourth-order valence-electron chi connectivity index (χ4n) is 2.49. The summed E-state index contributed by atoms with van der Waals surface area (Å²) in [6.45, 7) is 0.710. The van der Waals surface area contributed by atoms with Crippen LogP contribution in [0.2, 0.25) is 0 Å². The third-order valence-electron chi connectivity index (χ3n) is 3.61. The van der Waals surface area contributed by atoms with Crippen LogP contribution in [-0.4, -0.2) is 33.0 Å². The molecule has 0 amide bonds. The van der Waals surface area contributed by atoms with Gasteiger partial charge in [-0.1, -0.05) is 18.2 Å². The van der Waals surface area contributed by atoms with Crippen LogP contribution in [0.15, 0.2) is 24.3 Å². The van der Waals surface area contributed by atoms with Crippen molar-refractivity contribution in [1.82, 2.24) is 5.32 Å². The first-order chi connectivity index (χ1) is 8.96. The second-order valence-corrected chi connectivity index (χ2v) is 7.58. The predicted molar refractivity (Wildman–Crippen MR) is 74.5 cm³/mol. The Hall–Kier alpha value is -0.940. The monoisotopic (exact) mass is 285 g/mol. The van der Waals surface area contributed by atoms with Gasteiger partial charge in [0.2, 0.25) is 0 Å². The maximum atomic E-state index is 13.5. The first-order valence-corrected chi connectivity index (χ1v) is 8.67. The van der Waals surface area contributed by atoms with Gasteiger partial charge in [-0.2, -0.15) is 0 Å². The molecule has 0 atom stereocenters. The van der Waals surface area contributed by atoms with Crippen molar-refractivity contribution in [2.75, 3.05) is 18.6 Å². The molecule has 3 nitrogen and oxygen atoms in total. The number of benzene rings is 1. The van der Waals surface area contributed by atoms with Gasteiger partial charge in [-0.3, -0.25) is 0 Å². The summed E-state index contributed by atoms with van der Waals surface area (Å²) in [7, 11) is -2.86. The van der Waals surface area contributed by atoms with Gasteiger partial charge in [0.25, 0.3) is 0 Å². The van der Waals surface area contributed by atoms with Crippen molar-refractivity contribution in [3.63, 3.8) is 0 Å². The predicted octanol–water partition coefficient (Wildman–Crippen LogP) is 2.10. The molecule has 0 unspecified atom stereocenters. The molecule has 1 aromatic rings. The molecule has 2 rings (SSSR count). The van der Waals surface area contributed by atoms with Crippen LogP contribution in [-0.2, 0) is 9.84 Å². The van der Waals surface area contributed by atoms with Crippen LogP contribution in [0.4, 0.5) is 4.39 Å². The molecule has 0 aromatic heterocycles. The number of hydrogen-bond donors (Lipinski definition) is 1. The van der Waals surface area contributed by atoms with E-state index in [2.05, 4.69) is 5.32 Å². The molecule has 1 aliphatic rings. The second-order valence-electron chi connectivity index (χ2n) is 5.32. The number of nitrogens with one attached hydrogen (secondary N) is 1. The van der Waals surface area contributed by atoms with E-state index in [4.69, 9.17) is 0 Å². The van der Waals surface area contributed by atoms with Crippen LogP contribution in [0.25, 0.3) is 0 Å². The Balaban J connectivity index is 1.68. The van der Waals surface area contributed by atoms with E-state index in [0.29, 0.717) is 24.9 Å². The van der Waals surface area contributed by atoms with Gasteiger partial charge in [0.1, 0.15) is 15.7 Å². The minimum absolute atomic E-state index is 0.122. The molecule has 106 valence electrons. The van der Waals surface area contributed by atoms with E-state index < -0.39 is 9.84 Å². The molecule has 5 heteroatoms. The molecule has 0 aliphatic heterocycles. The molecule has 0 spiro atoms. The zero-order valence-electron chi connectivity index (χ0n) is 11.1. The van der Waals surface area contributed by atoms with E-state index >= 15 is 0 Å². The first-order valence-electron chi connectivity index (χ1n) is 6.61. The summed E-state index contributed by atoms with van der Waals surface area (Å²) in [4.78, 5) is 0. The molecule has 1 aromatic carbocycles. The van der Waals surface area contributed by atoms with Gasteiger partial charge in [0, 0.05) is 12.3 Å². The lowest BCUT2D eigenvalue weighted by molar-refractivity contribution is 0.286. The fourth-order valence-corrected chi connectivity index (χ4v) is 3.15. The van der Waals surface area contributed by atoms with Crippen LogP contribution >= 0.6 is 0 Å². The standard InChI is InChI=1S/C14H20FNO2S/c1-19(17,18)8-4-7-16-12-9-11(10-12)13-5-2-3-6-14(13)15/h2-3,5-6,11-12,16H,4,7-10H2,1H3. The summed E-state index contributed by atoms with van der Waals surface area (Å²) in [5.74, 6) is 0.403. The Bertz CT molecular complexity index is 524. The van der Waals surface area contributed by atoms with E-state index in [9.17, 15) is 12.8 Å². The Morgan fingerprint density at radius 1 is 1.32 bits per heavy atom. The van der Waals surface area contributed by atoms with Crippen LogP contribution in [0.1, 0.15) is 30.7 Å². The van der Waals surface area contributed by atoms with Crippen LogP contribution in [0, 0.1) is 5.82 Å². The zero-order chi connectivity index (χ0) is 13.9. The third kappa shape index (κ3) is 4.28. The summed E-state index contributed by atoms with van der Waals surface area (Å²) >= 11 is 0.